The molecule has 154 valence electrons. The molecule has 0 N–H and O–H groups in total. The number of rotatable bonds is 2. The van der Waals surface area contributed by atoms with Crippen LogP contribution in [0.5, 0.6) is 0 Å². The fourth-order valence-corrected chi connectivity index (χ4v) is 5.05. The lowest BCUT2D eigenvalue weighted by molar-refractivity contribution is -0.660. The lowest BCUT2D eigenvalue weighted by atomic mass is 9.84. The van der Waals surface area contributed by atoms with Gasteiger partial charge in [0.2, 0.25) is 11.4 Å². The van der Waals surface area contributed by atoms with Crippen LogP contribution in [0, 0.1) is 6.92 Å². The summed E-state index contributed by atoms with van der Waals surface area (Å²) < 4.78 is 17.4. The summed E-state index contributed by atoms with van der Waals surface area (Å²) in [6.07, 6.45) is 7.55. The molecule has 3 heterocycles. The molecule has 0 atom stereocenters. The van der Waals surface area contributed by atoms with Gasteiger partial charge in [-0.25, -0.2) is 9.55 Å². The van der Waals surface area contributed by atoms with Gasteiger partial charge in [0.15, 0.2) is 6.20 Å². The zero-order valence-electron chi connectivity index (χ0n) is 19.1. The van der Waals surface area contributed by atoms with Crippen LogP contribution in [0.4, 0.5) is 0 Å². The molecule has 1 fully saturated rings. The summed E-state index contributed by atoms with van der Waals surface area (Å²) in [4.78, 5) is 4.75. The Bertz CT molecular complexity index is 1490. The standard InChI is InChI=1S/C28H27N2O/c1-18-14-27-23(24-15-21-10-6-7-11-25(21)29-28(24)31-27)17-22(18)26-16-20(12-13-30(26)2)19-8-4-3-5-9-19/h6-7,10-17,19H,3-5,8-9H2,1-2H3/q+1/i19D. The molecule has 3 aromatic heterocycles. The molecule has 3 nitrogen and oxygen atoms in total. The number of aromatic nitrogens is 2. The van der Waals surface area contributed by atoms with Crippen molar-refractivity contribution >= 4 is 33.0 Å². The number of furan rings is 1. The summed E-state index contributed by atoms with van der Waals surface area (Å²) in [6, 6.07) is 19.1. The molecule has 0 radical (unpaired) electrons. The molecule has 0 spiro atoms. The summed E-state index contributed by atoms with van der Waals surface area (Å²) >= 11 is 0. The van der Waals surface area contributed by atoms with Crippen LogP contribution in [0.15, 0.2) is 65.2 Å². The van der Waals surface area contributed by atoms with Gasteiger partial charge in [-0.2, -0.15) is 0 Å². The highest BCUT2D eigenvalue weighted by atomic mass is 16.3. The highest BCUT2D eigenvalue weighted by Gasteiger charge is 2.21. The fraction of sp³-hybridized carbons (Fsp3) is 0.286. The third kappa shape index (κ3) is 3.11. The van der Waals surface area contributed by atoms with Crippen LogP contribution in [0.25, 0.3) is 44.2 Å². The maximum absolute atomic E-state index is 9.10. The van der Waals surface area contributed by atoms with Gasteiger partial charge < -0.3 is 4.42 Å². The first-order valence-electron chi connectivity index (χ1n) is 11.8. The molecule has 1 aliphatic rings. The number of para-hydroxylation sites is 1. The van der Waals surface area contributed by atoms with Gasteiger partial charge in [-0.1, -0.05) is 37.5 Å². The van der Waals surface area contributed by atoms with E-state index in [-0.39, 0.29) is 0 Å². The Hall–Kier alpha value is -3.20. The average Bonchev–Trinajstić information content (AvgIpc) is 3.13. The van der Waals surface area contributed by atoms with E-state index in [4.69, 9.17) is 10.8 Å². The van der Waals surface area contributed by atoms with Crippen LogP contribution >= 0.6 is 0 Å². The molecule has 0 amide bonds. The van der Waals surface area contributed by atoms with Gasteiger partial charge in [-0.15, -0.1) is 0 Å². The van der Waals surface area contributed by atoms with Gasteiger partial charge in [-0.3, -0.25) is 0 Å². The highest BCUT2D eigenvalue weighted by Crippen LogP contribution is 2.37. The second-order valence-electron chi connectivity index (χ2n) is 8.87. The van der Waals surface area contributed by atoms with Crippen molar-refractivity contribution in [3.05, 3.63) is 71.9 Å². The smallest absolute Gasteiger partial charge is 0.227 e. The Morgan fingerprint density at radius 1 is 1.00 bits per heavy atom. The number of fused-ring (bicyclic) bond motifs is 4. The second-order valence-corrected chi connectivity index (χ2v) is 8.87. The molecule has 6 rings (SSSR count). The number of pyridine rings is 2. The summed E-state index contributed by atoms with van der Waals surface area (Å²) in [5, 5.41) is 3.25. The Kier molecular flexibility index (Phi) is 4.06. The van der Waals surface area contributed by atoms with Crippen molar-refractivity contribution in [1.82, 2.24) is 4.98 Å². The van der Waals surface area contributed by atoms with Gasteiger partial charge in [0, 0.05) is 35.2 Å². The Labute approximate surface area is 183 Å². The van der Waals surface area contributed by atoms with E-state index in [1.54, 1.807) is 0 Å². The van der Waals surface area contributed by atoms with E-state index in [0.29, 0.717) is 5.71 Å². The van der Waals surface area contributed by atoms with E-state index < -0.39 is 5.89 Å². The minimum Gasteiger partial charge on any atom is -0.438 e. The number of hydrogen-bond acceptors (Lipinski definition) is 2. The van der Waals surface area contributed by atoms with Gasteiger partial charge >= 0.3 is 0 Å². The minimum absolute atomic E-state index is 0.468. The second kappa shape index (κ2) is 7.19. The molecule has 0 bridgehead atoms. The molecule has 1 aliphatic carbocycles. The van der Waals surface area contributed by atoms with E-state index in [0.717, 1.165) is 69.8 Å². The van der Waals surface area contributed by atoms with Crippen molar-refractivity contribution in [2.24, 2.45) is 7.05 Å². The molecule has 1 saturated carbocycles. The molecule has 31 heavy (non-hydrogen) atoms. The van der Waals surface area contributed by atoms with Crippen LogP contribution in [0.3, 0.4) is 0 Å². The highest BCUT2D eigenvalue weighted by molar-refractivity contribution is 6.08. The SMILES string of the molecule is [2H]C1(c2cc[n+](C)c(-c3cc4c(cc3C)oc3nc5ccccc5cc34)c2)CCCCC1. The summed E-state index contributed by atoms with van der Waals surface area (Å²) in [7, 11) is 2.09. The Morgan fingerprint density at radius 3 is 2.71 bits per heavy atom. The first-order chi connectivity index (χ1) is 15.5. The van der Waals surface area contributed by atoms with Crippen LogP contribution in [0.2, 0.25) is 0 Å². The number of hydrogen-bond donors (Lipinski definition) is 0. The van der Waals surface area contributed by atoms with Crippen molar-refractivity contribution in [2.45, 2.75) is 44.9 Å². The predicted octanol–water partition coefficient (Wildman–Crippen LogP) is 6.98. The van der Waals surface area contributed by atoms with Crippen LogP contribution in [-0.4, -0.2) is 4.98 Å². The molecule has 2 aromatic carbocycles. The molecule has 0 saturated heterocycles. The first-order valence-corrected chi connectivity index (χ1v) is 11.3. The van der Waals surface area contributed by atoms with Crippen LogP contribution in [0.1, 0.15) is 50.5 Å². The van der Waals surface area contributed by atoms with Gasteiger partial charge in [0.1, 0.15) is 12.6 Å². The molecule has 5 aromatic rings. The van der Waals surface area contributed by atoms with Crippen LogP contribution in [-0.2, 0) is 7.05 Å². The summed E-state index contributed by atoms with van der Waals surface area (Å²) in [5.74, 6) is -0.468. The van der Waals surface area contributed by atoms with E-state index in [1.165, 1.54) is 12.0 Å². The molecular weight excluding hydrogens is 380 g/mol. The average molecular weight is 409 g/mol. The topological polar surface area (TPSA) is 29.9 Å². The van der Waals surface area contributed by atoms with Gasteiger partial charge in [0.05, 0.1) is 5.52 Å². The van der Waals surface area contributed by atoms with Crippen molar-refractivity contribution < 1.29 is 10.4 Å². The molecular formula is C28H27N2O+. The van der Waals surface area contributed by atoms with Crippen molar-refractivity contribution in [1.29, 1.82) is 0 Å². The summed E-state index contributed by atoms with van der Waals surface area (Å²) in [6.45, 7) is 2.13. The summed E-state index contributed by atoms with van der Waals surface area (Å²) in [5.41, 5.74) is 7.11. The maximum Gasteiger partial charge on any atom is 0.227 e. The lowest BCUT2D eigenvalue weighted by Gasteiger charge is -2.21. The molecule has 3 heteroatoms. The zero-order valence-corrected chi connectivity index (χ0v) is 18.1. The number of aryl methyl sites for hydroxylation is 2. The van der Waals surface area contributed by atoms with E-state index >= 15 is 0 Å². The third-order valence-corrected chi connectivity index (χ3v) is 6.80. The van der Waals surface area contributed by atoms with Gasteiger partial charge in [0.25, 0.3) is 0 Å². The van der Waals surface area contributed by atoms with E-state index in [9.17, 15) is 0 Å². The molecule has 0 unspecified atom stereocenters. The molecule has 0 aliphatic heterocycles. The fourth-order valence-electron chi connectivity index (χ4n) is 5.05. The maximum atomic E-state index is 9.10. The normalized spacial score (nSPS) is 16.8. The predicted molar refractivity (Wildman–Crippen MR) is 126 cm³/mol. The van der Waals surface area contributed by atoms with E-state index in [1.807, 2.05) is 18.2 Å². The van der Waals surface area contributed by atoms with Gasteiger partial charge in [-0.05, 0) is 61.1 Å². The van der Waals surface area contributed by atoms with E-state index in [2.05, 4.69) is 61.1 Å². The largest absolute Gasteiger partial charge is 0.438 e. The van der Waals surface area contributed by atoms with Crippen molar-refractivity contribution in [2.75, 3.05) is 0 Å². The first kappa shape index (κ1) is 17.5. The Morgan fingerprint density at radius 2 is 1.84 bits per heavy atom. The quantitative estimate of drug-likeness (QED) is 0.295. The minimum atomic E-state index is -0.468. The van der Waals surface area contributed by atoms with Crippen LogP contribution < -0.4 is 4.57 Å². The Balaban J connectivity index is 1.56. The lowest BCUT2D eigenvalue weighted by Crippen LogP contribution is -2.31. The zero-order chi connectivity index (χ0) is 21.9. The van der Waals surface area contributed by atoms with Crippen molar-refractivity contribution in [3.63, 3.8) is 0 Å². The monoisotopic (exact) mass is 408 g/mol. The third-order valence-electron chi connectivity index (χ3n) is 6.80. The number of benzene rings is 2. The number of nitrogens with zero attached hydrogens (tertiary/aromatic N) is 2. The van der Waals surface area contributed by atoms with Crippen molar-refractivity contribution in [3.8, 4) is 11.3 Å².